The Bertz CT molecular complexity index is 386. The van der Waals surface area contributed by atoms with Gasteiger partial charge in [-0.15, -0.1) is 0 Å². The fourth-order valence-corrected chi connectivity index (χ4v) is 3.09. The average molecular weight is 297 g/mol. The SMILES string of the molecule is CCC(CC)(CNCC(O)c1cccc(OC)c1)SC. The van der Waals surface area contributed by atoms with Gasteiger partial charge >= 0.3 is 0 Å². The largest absolute Gasteiger partial charge is 0.497 e. The van der Waals surface area contributed by atoms with E-state index in [2.05, 4.69) is 25.4 Å². The molecule has 1 rings (SSSR count). The summed E-state index contributed by atoms with van der Waals surface area (Å²) in [6.07, 6.45) is 3.92. The molecule has 0 aliphatic carbocycles. The van der Waals surface area contributed by atoms with Crippen LogP contribution in [-0.2, 0) is 0 Å². The van der Waals surface area contributed by atoms with Gasteiger partial charge in [0.25, 0.3) is 0 Å². The lowest BCUT2D eigenvalue weighted by Gasteiger charge is -2.30. The maximum atomic E-state index is 10.2. The summed E-state index contributed by atoms with van der Waals surface area (Å²) in [5.74, 6) is 0.780. The van der Waals surface area contributed by atoms with Crippen molar-refractivity contribution in [2.24, 2.45) is 0 Å². The molecule has 0 aromatic heterocycles. The Morgan fingerprint density at radius 2 is 2.05 bits per heavy atom. The van der Waals surface area contributed by atoms with Gasteiger partial charge in [-0.25, -0.2) is 0 Å². The maximum absolute atomic E-state index is 10.2. The summed E-state index contributed by atoms with van der Waals surface area (Å²) in [6, 6.07) is 7.60. The highest BCUT2D eigenvalue weighted by atomic mass is 32.2. The molecular formula is C16H27NO2S. The number of hydrogen-bond acceptors (Lipinski definition) is 4. The molecule has 0 fully saturated rings. The smallest absolute Gasteiger partial charge is 0.119 e. The highest BCUT2D eigenvalue weighted by Gasteiger charge is 2.24. The molecule has 1 aromatic carbocycles. The second-order valence-electron chi connectivity index (χ2n) is 5.02. The van der Waals surface area contributed by atoms with Crippen LogP contribution in [0.3, 0.4) is 0 Å². The fraction of sp³-hybridized carbons (Fsp3) is 0.625. The van der Waals surface area contributed by atoms with Gasteiger partial charge in [0.1, 0.15) is 5.75 Å². The van der Waals surface area contributed by atoms with Crippen molar-refractivity contribution in [2.45, 2.75) is 37.5 Å². The van der Waals surface area contributed by atoms with E-state index >= 15 is 0 Å². The van der Waals surface area contributed by atoms with E-state index in [0.717, 1.165) is 30.7 Å². The van der Waals surface area contributed by atoms with Crippen LogP contribution in [0, 0.1) is 0 Å². The van der Waals surface area contributed by atoms with Crippen LogP contribution < -0.4 is 10.1 Å². The molecule has 0 saturated heterocycles. The van der Waals surface area contributed by atoms with Gasteiger partial charge in [0.15, 0.2) is 0 Å². The van der Waals surface area contributed by atoms with E-state index < -0.39 is 6.10 Å². The van der Waals surface area contributed by atoms with Crippen LogP contribution in [0.5, 0.6) is 5.75 Å². The van der Waals surface area contributed by atoms with Gasteiger partial charge in [0.2, 0.25) is 0 Å². The molecule has 114 valence electrons. The van der Waals surface area contributed by atoms with Crippen LogP contribution in [0.2, 0.25) is 0 Å². The zero-order valence-electron chi connectivity index (χ0n) is 13.0. The summed E-state index contributed by atoms with van der Waals surface area (Å²) in [5, 5.41) is 13.6. The quantitative estimate of drug-likeness (QED) is 0.734. The van der Waals surface area contributed by atoms with Crippen LogP contribution in [0.1, 0.15) is 38.4 Å². The maximum Gasteiger partial charge on any atom is 0.119 e. The molecule has 2 N–H and O–H groups in total. The van der Waals surface area contributed by atoms with Gasteiger partial charge in [0, 0.05) is 17.8 Å². The molecule has 4 heteroatoms. The lowest BCUT2D eigenvalue weighted by Crippen LogP contribution is -2.38. The molecule has 0 amide bonds. The minimum Gasteiger partial charge on any atom is -0.497 e. The molecule has 1 aromatic rings. The summed E-state index contributed by atoms with van der Waals surface area (Å²) in [6.45, 7) is 5.93. The van der Waals surface area contributed by atoms with Crippen molar-refractivity contribution in [3.63, 3.8) is 0 Å². The van der Waals surface area contributed by atoms with Gasteiger partial charge in [-0.2, -0.15) is 11.8 Å². The van der Waals surface area contributed by atoms with E-state index in [-0.39, 0.29) is 4.75 Å². The van der Waals surface area contributed by atoms with Crippen molar-refractivity contribution in [1.82, 2.24) is 5.32 Å². The van der Waals surface area contributed by atoms with E-state index in [1.165, 1.54) is 0 Å². The second kappa shape index (κ2) is 8.55. The Morgan fingerprint density at radius 1 is 1.35 bits per heavy atom. The number of hydrogen-bond donors (Lipinski definition) is 2. The van der Waals surface area contributed by atoms with Crippen molar-refractivity contribution in [3.8, 4) is 5.75 Å². The zero-order chi connectivity index (χ0) is 15.0. The lowest BCUT2D eigenvalue weighted by molar-refractivity contribution is 0.173. The first-order valence-corrected chi connectivity index (χ1v) is 8.41. The number of aliphatic hydroxyl groups is 1. The van der Waals surface area contributed by atoms with Crippen molar-refractivity contribution in [1.29, 1.82) is 0 Å². The number of aliphatic hydroxyl groups excluding tert-OH is 1. The Kier molecular flexibility index (Phi) is 7.41. The third-order valence-electron chi connectivity index (χ3n) is 3.99. The number of ether oxygens (including phenoxy) is 1. The molecule has 0 spiro atoms. The van der Waals surface area contributed by atoms with E-state index in [0.29, 0.717) is 6.54 Å². The zero-order valence-corrected chi connectivity index (χ0v) is 13.8. The molecule has 0 bridgehead atoms. The lowest BCUT2D eigenvalue weighted by atomic mass is 10.0. The minimum atomic E-state index is -0.502. The molecule has 20 heavy (non-hydrogen) atoms. The first-order chi connectivity index (χ1) is 9.60. The highest BCUT2D eigenvalue weighted by molar-refractivity contribution is 8.00. The Labute approximate surface area is 127 Å². The number of methoxy groups -OCH3 is 1. The van der Waals surface area contributed by atoms with Crippen molar-refractivity contribution >= 4 is 11.8 Å². The van der Waals surface area contributed by atoms with Gasteiger partial charge < -0.3 is 15.2 Å². The molecule has 0 saturated carbocycles. The highest BCUT2D eigenvalue weighted by Crippen LogP contribution is 2.29. The molecule has 1 atom stereocenters. The van der Waals surface area contributed by atoms with Crippen molar-refractivity contribution in [2.75, 3.05) is 26.5 Å². The van der Waals surface area contributed by atoms with Gasteiger partial charge in [-0.3, -0.25) is 0 Å². The first kappa shape index (κ1) is 17.3. The van der Waals surface area contributed by atoms with Crippen LogP contribution >= 0.6 is 11.8 Å². The molecule has 0 aliphatic heterocycles. The number of nitrogens with one attached hydrogen (secondary N) is 1. The Hall–Kier alpha value is -0.710. The predicted octanol–water partition coefficient (Wildman–Crippen LogP) is 3.24. The number of rotatable bonds is 9. The van der Waals surface area contributed by atoms with Crippen LogP contribution in [-0.4, -0.2) is 36.3 Å². The summed E-state index contributed by atoms with van der Waals surface area (Å²) < 4.78 is 5.45. The topological polar surface area (TPSA) is 41.5 Å². The third kappa shape index (κ3) is 4.69. The summed E-state index contributed by atoms with van der Waals surface area (Å²) >= 11 is 1.91. The fourth-order valence-electron chi connectivity index (χ4n) is 2.26. The van der Waals surface area contributed by atoms with Crippen molar-refractivity contribution in [3.05, 3.63) is 29.8 Å². The average Bonchev–Trinajstić information content (AvgIpc) is 2.52. The number of benzene rings is 1. The summed E-state index contributed by atoms with van der Waals surface area (Å²) in [4.78, 5) is 0. The van der Waals surface area contributed by atoms with E-state index in [1.807, 2.05) is 36.0 Å². The van der Waals surface area contributed by atoms with E-state index in [9.17, 15) is 5.11 Å². The normalized spacial score (nSPS) is 13.2. The molecular weight excluding hydrogens is 270 g/mol. The Morgan fingerprint density at radius 3 is 2.60 bits per heavy atom. The first-order valence-electron chi connectivity index (χ1n) is 7.18. The van der Waals surface area contributed by atoms with Gasteiger partial charge in [0.05, 0.1) is 13.2 Å². The van der Waals surface area contributed by atoms with Crippen LogP contribution in [0.15, 0.2) is 24.3 Å². The molecule has 1 unspecified atom stereocenters. The van der Waals surface area contributed by atoms with Gasteiger partial charge in [-0.05, 0) is 36.8 Å². The van der Waals surface area contributed by atoms with Gasteiger partial charge in [-0.1, -0.05) is 26.0 Å². The van der Waals surface area contributed by atoms with Crippen LogP contribution in [0.4, 0.5) is 0 Å². The van der Waals surface area contributed by atoms with E-state index in [4.69, 9.17) is 4.74 Å². The molecule has 0 aliphatic rings. The molecule has 3 nitrogen and oxygen atoms in total. The van der Waals surface area contributed by atoms with Crippen LogP contribution in [0.25, 0.3) is 0 Å². The summed E-state index contributed by atoms with van der Waals surface area (Å²) in [5.41, 5.74) is 0.889. The monoisotopic (exact) mass is 297 g/mol. The molecule has 0 radical (unpaired) electrons. The Balaban J connectivity index is 2.52. The second-order valence-corrected chi connectivity index (χ2v) is 6.29. The molecule has 0 heterocycles. The van der Waals surface area contributed by atoms with Crippen molar-refractivity contribution < 1.29 is 9.84 Å². The number of thioether (sulfide) groups is 1. The summed E-state index contributed by atoms with van der Waals surface area (Å²) in [7, 11) is 1.64. The minimum absolute atomic E-state index is 0.272. The third-order valence-corrected chi connectivity index (χ3v) is 5.57. The standard InChI is InChI=1S/C16H27NO2S/c1-5-16(6-2,20-4)12-17-11-15(18)13-8-7-9-14(10-13)19-3/h7-10,15,17-18H,5-6,11-12H2,1-4H3. The predicted molar refractivity (Wildman–Crippen MR) is 87.7 cm³/mol. The van der Waals surface area contributed by atoms with E-state index in [1.54, 1.807) is 7.11 Å².